The van der Waals surface area contributed by atoms with E-state index in [1.165, 1.54) is 13.8 Å². The Kier molecular flexibility index (Phi) is 17.6. The third kappa shape index (κ3) is 16.8. The Balaban J connectivity index is 4.70. The first-order chi connectivity index (χ1) is 15.2. The lowest BCUT2D eigenvalue weighted by molar-refractivity contribution is -0.125. The van der Waals surface area contributed by atoms with Crippen LogP contribution in [-0.4, -0.2) is 75.7 Å². The van der Waals surface area contributed by atoms with Gasteiger partial charge in [-0.05, 0) is 80.2 Å². The van der Waals surface area contributed by atoms with Crippen molar-refractivity contribution in [3.63, 3.8) is 0 Å². The van der Waals surface area contributed by atoms with Gasteiger partial charge >= 0.3 is 0 Å². The lowest BCUT2D eigenvalue weighted by Gasteiger charge is -2.22. The Labute approximate surface area is 193 Å². The Morgan fingerprint density at radius 2 is 1.09 bits per heavy atom. The molecule has 32 heavy (non-hydrogen) atoms. The summed E-state index contributed by atoms with van der Waals surface area (Å²) in [5.41, 5.74) is 0. The van der Waals surface area contributed by atoms with Crippen molar-refractivity contribution in [1.29, 1.82) is 0 Å². The fourth-order valence-electron chi connectivity index (χ4n) is 3.66. The molecule has 0 aliphatic carbocycles. The summed E-state index contributed by atoms with van der Waals surface area (Å²) in [6, 6.07) is -0.506. The number of Topliss-reactive ketones (excluding diaryl/α,β-unsaturated/α-hetero) is 2. The summed E-state index contributed by atoms with van der Waals surface area (Å²) in [4.78, 5) is 48.1. The number of ketones is 2. The molecule has 0 saturated carbocycles. The van der Waals surface area contributed by atoms with Crippen molar-refractivity contribution < 1.29 is 19.2 Å². The summed E-state index contributed by atoms with van der Waals surface area (Å²) in [7, 11) is 5.60. The first-order valence-corrected chi connectivity index (χ1v) is 11.8. The van der Waals surface area contributed by atoms with Gasteiger partial charge in [-0.1, -0.05) is 0 Å². The second-order valence-corrected chi connectivity index (χ2v) is 8.56. The summed E-state index contributed by atoms with van der Waals surface area (Å²) in [5, 5.41) is 15.2. The summed E-state index contributed by atoms with van der Waals surface area (Å²) in [5.74, 6) is -0.280. The van der Waals surface area contributed by atoms with E-state index in [-0.39, 0.29) is 54.3 Å². The van der Waals surface area contributed by atoms with Crippen LogP contribution in [-0.2, 0) is 19.2 Å². The minimum atomic E-state index is -0.379. The summed E-state index contributed by atoms with van der Waals surface area (Å²) in [6.07, 6.45) is 4.81. The summed E-state index contributed by atoms with van der Waals surface area (Å²) >= 11 is 0. The standard InChI is InChI=1S/C23H45N5O4/c1-17(29)14-20(9-7-13-25-4)27-22(31)11-10-21(15-18(2)30)28-23(32)16-19(26-5)8-6-12-24-3/h19-21,24-26H,6-16H2,1-5H3,(H,27,31)(H,28,32). The molecule has 0 aromatic heterocycles. The molecule has 0 bridgehead atoms. The highest BCUT2D eigenvalue weighted by molar-refractivity contribution is 5.81. The molecule has 3 atom stereocenters. The van der Waals surface area contributed by atoms with Crippen molar-refractivity contribution in [2.24, 2.45) is 0 Å². The second kappa shape index (κ2) is 18.7. The van der Waals surface area contributed by atoms with E-state index in [0.717, 1.165) is 38.8 Å². The van der Waals surface area contributed by atoms with E-state index >= 15 is 0 Å². The summed E-state index contributed by atoms with van der Waals surface area (Å²) in [6.45, 7) is 4.71. The van der Waals surface area contributed by atoms with Gasteiger partial charge in [0.05, 0.1) is 0 Å². The Bertz CT molecular complexity index is 571. The molecule has 9 nitrogen and oxygen atoms in total. The Morgan fingerprint density at radius 1 is 0.625 bits per heavy atom. The maximum absolute atomic E-state index is 12.5. The van der Waals surface area contributed by atoms with Crippen molar-refractivity contribution >= 4 is 23.4 Å². The average Bonchev–Trinajstić information content (AvgIpc) is 2.70. The molecule has 186 valence electrons. The highest BCUT2D eigenvalue weighted by atomic mass is 16.2. The van der Waals surface area contributed by atoms with Crippen molar-refractivity contribution in [2.45, 2.75) is 89.8 Å². The van der Waals surface area contributed by atoms with E-state index in [1.54, 1.807) is 0 Å². The minimum Gasteiger partial charge on any atom is -0.353 e. The number of carbonyl (C=O) groups is 4. The maximum atomic E-state index is 12.5. The van der Waals surface area contributed by atoms with Crippen LogP contribution in [0.15, 0.2) is 0 Å². The van der Waals surface area contributed by atoms with Gasteiger partial charge in [-0.15, -0.1) is 0 Å². The smallest absolute Gasteiger partial charge is 0.221 e. The third-order valence-corrected chi connectivity index (χ3v) is 5.32. The number of nitrogens with one attached hydrogen (secondary N) is 5. The molecule has 0 aliphatic heterocycles. The predicted molar refractivity (Wildman–Crippen MR) is 127 cm³/mol. The molecule has 0 aromatic carbocycles. The van der Waals surface area contributed by atoms with Gasteiger partial charge in [0.1, 0.15) is 11.6 Å². The Morgan fingerprint density at radius 3 is 1.56 bits per heavy atom. The molecule has 0 saturated heterocycles. The zero-order chi connectivity index (χ0) is 24.4. The molecule has 0 aromatic rings. The molecule has 0 rings (SSSR count). The molecule has 0 aliphatic rings. The van der Waals surface area contributed by atoms with Crippen LogP contribution in [0, 0.1) is 0 Å². The van der Waals surface area contributed by atoms with Crippen molar-refractivity contribution in [2.75, 3.05) is 34.2 Å². The number of carbonyl (C=O) groups excluding carboxylic acids is 4. The molecule has 0 spiro atoms. The van der Waals surface area contributed by atoms with E-state index in [0.29, 0.717) is 19.3 Å². The van der Waals surface area contributed by atoms with Gasteiger partial charge in [0.2, 0.25) is 11.8 Å². The average molecular weight is 456 g/mol. The van der Waals surface area contributed by atoms with Gasteiger partial charge in [0.15, 0.2) is 0 Å². The van der Waals surface area contributed by atoms with Crippen molar-refractivity contribution in [1.82, 2.24) is 26.6 Å². The number of hydrogen-bond acceptors (Lipinski definition) is 7. The van der Waals surface area contributed by atoms with E-state index < -0.39 is 0 Å². The topological polar surface area (TPSA) is 128 Å². The molecule has 0 heterocycles. The van der Waals surface area contributed by atoms with Crippen molar-refractivity contribution in [3.05, 3.63) is 0 Å². The molecule has 3 unspecified atom stereocenters. The van der Waals surface area contributed by atoms with Gasteiger partial charge in [0.25, 0.3) is 0 Å². The minimum absolute atomic E-state index is 0.0311. The van der Waals surface area contributed by atoms with Crippen LogP contribution in [0.2, 0.25) is 0 Å². The fourth-order valence-corrected chi connectivity index (χ4v) is 3.66. The normalized spacial score (nSPS) is 13.8. The predicted octanol–water partition coefficient (Wildman–Crippen LogP) is 0.672. The molecule has 5 N–H and O–H groups in total. The van der Waals surface area contributed by atoms with Gasteiger partial charge in [-0.2, -0.15) is 0 Å². The first kappa shape index (κ1) is 30.2. The van der Waals surface area contributed by atoms with E-state index in [4.69, 9.17) is 0 Å². The van der Waals surface area contributed by atoms with Crippen LogP contribution in [0.5, 0.6) is 0 Å². The first-order valence-electron chi connectivity index (χ1n) is 11.8. The van der Waals surface area contributed by atoms with Crippen molar-refractivity contribution in [3.8, 4) is 0 Å². The van der Waals surface area contributed by atoms with Crippen LogP contribution >= 0.6 is 0 Å². The highest BCUT2D eigenvalue weighted by Crippen LogP contribution is 2.08. The molecular weight excluding hydrogens is 410 g/mol. The number of amides is 2. The zero-order valence-corrected chi connectivity index (χ0v) is 20.6. The maximum Gasteiger partial charge on any atom is 0.221 e. The SMILES string of the molecule is CNCCCC(CC(=O)NC(CCC(=O)NC(CCCNC)CC(C)=O)CC(C)=O)NC. The Hall–Kier alpha value is -1.84. The monoisotopic (exact) mass is 455 g/mol. The molecule has 0 fully saturated rings. The highest BCUT2D eigenvalue weighted by Gasteiger charge is 2.20. The van der Waals surface area contributed by atoms with E-state index in [2.05, 4.69) is 26.6 Å². The number of rotatable bonds is 20. The third-order valence-electron chi connectivity index (χ3n) is 5.32. The quantitative estimate of drug-likeness (QED) is 0.171. The van der Waals surface area contributed by atoms with Gasteiger partial charge in [0, 0.05) is 43.8 Å². The van der Waals surface area contributed by atoms with E-state index in [9.17, 15) is 19.2 Å². The molecular formula is C23H45N5O4. The molecule has 0 radical (unpaired) electrons. The fraction of sp³-hybridized carbons (Fsp3) is 0.826. The van der Waals surface area contributed by atoms with Crippen LogP contribution in [0.4, 0.5) is 0 Å². The van der Waals surface area contributed by atoms with Crippen LogP contribution < -0.4 is 26.6 Å². The number of hydrogen-bond donors (Lipinski definition) is 5. The van der Waals surface area contributed by atoms with E-state index in [1.807, 2.05) is 21.1 Å². The lowest BCUT2D eigenvalue weighted by atomic mass is 10.0. The molecule has 2 amide bonds. The van der Waals surface area contributed by atoms with Gasteiger partial charge < -0.3 is 26.6 Å². The van der Waals surface area contributed by atoms with Gasteiger partial charge in [-0.3, -0.25) is 19.2 Å². The molecule has 9 heteroatoms. The van der Waals surface area contributed by atoms with Crippen LogP contribution in [0.3, 0.4) is 0 Å². The van der Waals surface area contributed by atoms with Crippen LogP contribution in [0.1, 0.15) is 71.6 Å². The van der Waals surface area contributed by atoms with Crippen LogP contribution in [0.25, 0.3) is 0 Å². The van der Waals surface area contributed by atoms with Gasteiger partial charge in [-0.25, -0.2) is 0 Å². The lowest BCUT2D eigenvalue weighted by Crippen LogP contribution is -2.41. The second-order valence-electron chi connectivity index (χ2n) is 8.56. The largest absolute Gasteiger partial charge is 0.353 e. The summed E-state index contributed by atoms with van der Waals surface area (Å²) < 4.78 is 0. The zero-order valence-electron chi connectivity index (χ0n) is 20.6.